The standard InChI is InChI=1S/C13H20N2S/c14-10-7-11-3-1-4-12(8-10)15(11)9-13-5-2-6-16-13/h2,5-6,10-12H,1,3-4,7-9,14H2/t10?,11-,12+. The minimum absolute atomic E-state index is 0.454. The van der Waals surface area contributed by atoms with E-state index in [-0.39, 0.29) is 0 Å². The molecule has 3 atom stereocenters. The first kappa shape index (κ1) is 10.8. The summed E-state index contributed by atoms with van der Waals surface area (Å²) in [7, 11) is 0. The van der Waals surface area contributed by atoms with Crippen LogP contribution in [0.15, 0.2) is 17.5 Å². The molecule has 1 aromatic heterocycles. The number of thiophene rings is 1. The van der Waals surface area contributed by atoms with E-state index in [1.807, 2.05) is 11.3 Å². The van der Waals surface area contributed by atoms with Crippen LogP contribution in [0.1, 0.15) is 37.0 Å². The number of hydrogen-bond acceptors (Lipinski definition) is 3. The van der Waals surface area contributed by atoms with E-state index >= 15 is 0 Å². The fraction of sp³-hybridized carbons (Fsp3) is 0.692. The molecule has 0 radical (unpaired) electrons. The quantitative estimate of drug-likeness (QED) is 0.855. The van der Waals surface area contributed by atoms with Crippen LogP contribution in [-0.2, 0) is 6.54 Å². The Balaban J connectivity index is 1.74. The maximum atomic E-state index is 6.14. The van der Waals surface area contributed by atoms with E-state index in [1.54, 1.807) is 0 Å². The molecule has 3 heterocycles. The molecule has 0 spiro atoms. The van der Waals surface area contributed by atoms with Crippen molar-refractivity contribution in [1.29, 1.82) is 0 Å². The van der Waals surface area contributed by atoms with E-state index in [0.29, 0.717) is 6.04 Å². The third kappa shape index (κ3) is 2.04. The zero-order chi connectivity index (χ0) is 11.0. The number of fused-ring (bicyclic) bond motifs is 2. The van der Waals surface area contributed by atoms with Gasteiger partial charge in [-0.2, -0.15) is 0 Å². The first-order valence-electron chi connectivity index (χ1n) is 6.36. The topological polar surface area (TPSA) is 29.3 Å². The molecule has 3 heteroatoms. The van der Waals surface area contributed by atoms with Crippen LogP contribution in [0.5, 0.6) is 0 Å². The lowest BCUT2D eigenvalue weighted by Gasteiger charge is -2.48. The Morgan fingerprint density at radius 3 is 2.69 bits per heavy atom. The number of hydrogen-bond donors (Lipinski definition) is 1. The van der Waals surface area contributed by atoms with Gasteiger partial charge < -0.3 is 5.73 Å². The second-order valence-corrected chi connectivity index (χ2v) is 6.25. The highest BCUT2D eigenvalue weighted by Gasteiger charge is 2.36. The molecule has 2 aliphatic heterocycles. The van der Waals surface area contributed by atoms with Crippen molar-refractivity contribution in [2.45, 2.75) is 56.8 Å². The minimum atomic E-state index is 0.454. The normalized spacial score (nSPS) is 35.2. The smallest absolute Gasteiger partial charge is 0.0333 e. The summed E-state index contributed by atoms with van der Waals surface area (Å²) in [5.74, 6) is 0. The average Bonchev–Trinajstić information content (AvgIpc) is 2.72. The summed E-state index contributed by atoms with van der Waals surface area (Å²) in [5.41, 5.74) is 6.14. The molecular formula is C13H20N2S. The second kappa shape index (κ2) is 4.47. The molecule has 0 amide bonds. The first-order valence-corrected chi connectivity index (χ1v) is 7.24. The number of nitrogens with zero attached hydrogens (tertiary/aromatic N) is 1. The highest BCUT2D eigenvalue weighted by molar-refractivity contribution is 7.09. The molecule has 2 fully saturated rings. The van der Waals surface area contributed by atoms with E-state index in [0.717, 1.165) is 18.6 Å². The Kier molecular flexibility index (Phi) is 3.01. The lowest BCUT2D eigenvalue weighted by atomic mass is 9.82. The van der Waals surface area contributed by atoms with Crippen LogP contribution >= 0.6 is 11.3 Å². The predicted octanol–water partition coefficient (Wildman–Crippen LogP) is 2.59. The predicted molar refractivity (Wildman–Crippen MR) is 68.5 cm³/mol. The molecule has 2 saturated heterocycles. The third-order valence-corrected chi connectivity index (χ3v) is 4.94. The highest BCUT2D eigenvalue weighted by atomic mass is 32.1. The summed E-state index contributed by atoms with van der Waals surface area (Å²) in [4.78, 5) is 4.23. The zero-order valence-electron chi connectivity index (χ0n) is 9.64. The maximum Gasteiger partial charge on any atom is 0.0333 e. The van der Waals surface area contributed by atoms with E-state index in [2.05, 4.69) is 22.4 Å². The number of rotatable bonds is 2. The van der Waals surface area contributed by atoms with Gasteiger partial charge in [0.25, 0.3) is 0 Å². The molecule has 0 saturated carbocycles. The molecule has 3 rings (SSSR count). The largest absolute Gasteiger partial charge is 0.328 e. The van der Waals surface area contributed by atoms with Crippen LogP contribution in [0, 0.1) is 0 Å². The Bertz CT molecular complexity index is 322. The van der Waals surface area contributed by atoms with Crippen molar-refractivity contribution < 1.29 is 0 Å². The molecule has 1 aromatic rings. The third-order valence-electron chi connectivity index (χ3n) is 4.08. The van der Waals surface area contributed by atoms with Crippen molar-refractivity contribution >= 4 is 11.3 Å². The fourth-order valence-electron chi connectivity index (χ4n) is 3.36. The molecule has 16 heavy (non-hydrogen) atoms. The van der Waals surface area contributed by atoms with Crippen molar-refractivity contribution in [2.24, 2.45) is 5.73 Å². The first-order chi connectivity index (χ1) is 7.83. The van der Waals surface area contributed by atoms with E-state index in [1.165, 1.54) is 37.0 Å². The van der Waals surface area contributed by atoms with Gasteiger partial charge in [-0.15, -0.1) is 11.3 Å². The van der Waals surface area contributed by atoms with Crippen LogP contribution in [0.3, 0.4) is 0 Å². The molecule has 0 aliphatic carbocycles. The molecular weight excluding hydrogens is 216 g/mol. The number of piperidine rings is 2. The van der Waals surface area contributed by atoms with Gasteiger partial charge in [0.15, 0.2) is 0 Å². The van der Waals surface area contributed by atoms with Crippen molar-refractivity contribution in [2.75, 3.05) is 0 Å². The van der Waals surface area contributed by atoms with Gasteiger partial charge in [0, 0.05) is 29.5 Å². The van der Waals surface area contributed by atoms with Crippen LogP contribution in [0.4, 0.5) is 0 Å². The average molecular weight is 236 g/mol. The van der Waals surface area contributed by atoms with Gasteiger partial charge in [-0.3, -0.25) is 4.90 Å². The van der Waals surface area contributed by atoms with E-state index in [9.17, 15) is 0 Å². The van der Waals surface area contributed by atoms with Crippen molar-refractivity contribution in [3.8, 4) is 0 Å². The number of nitrogens with two attached hydrogens (primary N) is 1. The molecule has 88 valence electrons. The van der Waals surface area contributed by atoms with Crippen LogP contribution in [0.25, 0.3) is 0 Å². The fourth-order valence-corrected chi connectivity index (χ4v) is 4.07. The second-order valence-electron chi connectivity index (χ2n) is 5.22. The Morgan fingerprint density at radius 1 is 1.31 bits per heavy atom. The Morgan fingerprint density at radius 2 is 2.06 bits per heavy atom. The van der Waals surface area contributed by atoms with Gasteiger partial charge in [-0.1, -0.05) is 12.5 Å². The molecule has 1 unspecified atom stereocenters. The van der Waals surface area contributed by atoms with E-state index < -0.39 is 0 Å². The van der Waals surface area contributed by atoms with Gasteiger partial charge in [0.2, 0.25) is 0 Å². The summed E-state index contributed by atoms with van der Waals surface area (Å²) in [6.45, 7) is 1.15. The van der Waals surface area contributed by atoms with Crippen molar-refractivity contribution in [1.82, 2.24) is 4.90 Å². The van der Waals surface area contributed by atoms with Crippen LogP contribution < -0.4 is 5.73 Å². The Labute approximate surface area is 101 Å². The summed E-state index contributed by atoms with van der Waals surface area (Å²) < 4.78 is 0. The monoisotopic (exact) mass is 236 g/mol. The van der Waals surface area contributed by atoms with Gasteiger partial charge in [0.05, 0.1) is 0 Å². The van der Waals surface area contributed by atoms with Crippen molar-refractivity contribution in [3.05, 3.63) is 22.4 Å². The lowest BCUT2D eigenvalue weighted by molar-refractivity contribution is 0.0253. The van der Waals surface area contributed by atoms with Crippen molar-refractivity contribution in [3.63, 3.8) is 0 Å². The molecule has 2 nitrogen and oxygen atoms in total. The highest BCUT2D eigenvalue weighted by Crippen LogP contribution is 2.34. The van der Waals surface area contributed by atoms with Crippen LogP contribution in [-0.4, -0.2) is 23.0 Å². The molecule has 2 bridgehead atoms. The lowest BCUT2D eigenvalue weighted by Crippen LogP contribution is -2.54. The molecule has 0 aromatic carbocycles. The maximum absolute atomic E-state index is 6.14. The van der Waals surface area contributed by atoms with Gasteiger partial charge in [-0.05, 0) is 37.1 Å². The van der Waals surface area contributed by atoms with Gasteiger partial charge in [-0.25, -0.2) is 0 Å². The minimum Gasteiger partial charge on any atom is -0.328 e. The zero-order valence-corrected chi connectivity index (χ0v) is 10.5. The van der Waals surface area contributed by atoms with E-state index in [4.69, 9.17) is 5.73 Å². The van der Waals surface area contributed by atoms with Gasteiger partial charge >= 0.3 is 0 Å². The summed E-state index contributed by atoms with van der Waals surface area (Å²) in [5, 5.41) is 2.18. The summed E-state index contributed by atoms with van der Waals surface area (Å²) >= 11 is 1.88. The summed E-state index contributed by atoms with van der Waals surface area (Å²) in [6, 6.07) is 6.38. The Hall–Kier alpha value is -0.380. The van der Waals surface area contributed by atoms with Crippen LogP contribution in [0.2, 0.25) is 0 Å². The molecule has 2 N–H and O–H groups in total. The summed E-state index contributed by atoms with van der Waals surface area (Å²) in [6.07, 6.45) is 6.54. The SMILES string of the molecule is NC1C[C@H]2CCC[C@@H](C1)N2Cc1cccs1. The molecule has 2 aliphatic rings. The van der Waals surface area contributed by atoms with Gasteiger partial charge in [0.1, 0.15) is 0 Å².